The van der Waals surface area contributed by atoms with E-state index in [1.807, 2.05) is 54.6 Å². The average molecular weight is 509 g/mol. The quantitative estimate of drug-likeness (QED) is 0.286. The van der Waals surface area contributed by atoms with Gasteiger partial charge in [0, 0.05) is 43.3 Å². The van der Waals surface area contributed by atoms with E-state index < -0.39 is 18.1 Å². The molecule has 2 aliphatic rings. The average Bonchev–Trinajstić information content (AvgIpc) is 3.44. The van der Waals surface area contributed by atoms with Crippen LogP contribution in [-0.2, 0) is 16.0 Å². The summed E-state index contributed by atoms with van der Waals surface area (Å²) in [7, 11) is 1.61. The zero-order valence-corrected chi connectivity index (χ0v) is 21.0. The third kappa shape index (κ3) is 3.85. The maximum Gasteiger partial charge on any atom is 0.332 e. The number of aromatic amines is 1. The monoisotopic (exact) mass is 508 g/mol. The molecule has 4 amide bonds. The number of benzene rings is 3. The van der Waals surface area contributed by atoms with Crippen LogP contribution in [0.4, 0.5) is 10.5 Å². The molecule has 3 heterocycles. The highest BCUT2D eigenvalue weighted by Crippen LogP contribution is 2.45. The van der Waals surface area contributed by atoms with E-state index in [0.29, 0.717) is 31.7 Å². The van der Waals surface area contributed by atoms with Crippen LogP contribution in [0.15, 0.2) is 78.9 Å². The third-order valence-electron chi connectivity index (χ3n) is 7.36. The Morgan fingerprint density at radius 3 is 2.55 bits per heavy atom. The number of fused-ring (bicyclic) bond motifs is 4. The fourth-order valence-corrected chi connectivity index (χ4v) is 5.65. The molecule has 1 saturated heterocycles. The van der Waals surface area contributed by atoms with Gasteiger partial charge in [0.1, 0.15) is 12.1 Å². The van der Waals surface area contributed by atoms with Gasteiger partial charge in [-0.2, -0.15) is 0 Å². The SMILES string of the molecule is COCCCNC(=O)c1ccccc1N1C(=O)[C@@H]2Cc3c([nH]c4ccccc34)[C@H](c3ccccc3)N2C1=O. The molecule has 0 radical (unpaired) electrons. The Labute approximate surface area is 220 Å². The number of methoxy groups -OCH3 is 1. The van der Waals surface area contributed by atoms with Gasteiger partial charge in [0.15, 0.2) is 0 Å². The molecule has 2 N–H and O–H groups in total. The normalized spacial score (nSPS) is 18.6. The molecule has 0 bridgehead atoms. The molecule has 38 heavy (non-hydrogen) atoms. The number of amides is 4. The van der Waals surface area contributed by atoms with Crippen molar-refractivity contribution in [2.75, 3.05) is 25.2 Å². The highest BCUT2D eigenvalue weighted by Gasteiger charge is 2.53. The van der Waals surface area contributed by atoms with Crippen LogP contribution in [0.25, 0.3) is 10.9 Å². The molecular formula is C30H28N4O4. The van der Waals surface area contributed by atoms with E-state index in [2.05, 4.69) is 10.3 Å². The van der Waals surface area contributed by atoms with Crippen molar-refractivity contribution >= 4 is 34.4 Å². The van der Waals surface area contributed by atoms with E-state index in [-0.39, 0.29) is 17.4 Å². The van der Waals surface area contributed by atoms with Crippen LogP contribution in [0.3, 0.4) is 0 Å². The number of para-hydroxylation sites is 2. The third-order valence-corrected chi connectivity index (χ3v) is 7.36. The maximum atomic E-state index is 14.1. The van der Waals surface area contributed by atoms with Crippen molar-refractivity contribution in [1.82, 2.24) is 15.2 Å². The Morgan fingerprint density at radius 1 is 1.00 bits per heavy atom. The summed E-state index contributed by atoms with van der Waals surface area (Å²) >= 11 is 0. The predicted octanol–water partition coefficient (Wildman–Crippen LogP) is 4.42. The van der Waals surface area contributed by atoms with Gasteiger partial charge in [0.05, 0.1) is 11.3 Å². The van der Waals surface area contributed by atoms with Gasteiger partial charge in [0.25, 0.3) is 11.8 Å². The molecule has 0 saturated carbocycles. The van der Waals surface area contributed by atoms with Crippen molar-refractivity contribution in [2.24, 2.45) is 0 Å². The number of H-pyrrole nitrogens is 1. The molecule has 0 spiro atoms. The van der Waals surface area contributed by atoms with Crippen molar-refractivity contribution in [1.29, 1.82) is 0 Å². The standard InChI is InChI=1S/C30H28N4O4/c1-38-17-9-16-31-28(35)21-13-6-8-15-24(21)34-29(36)25-18-22-20-12-5-7-14-23(20)32-26(22)27(33(25)30(34)37)19-10-3-2-4-11-19/h2-8,10-15,25,27,32H,9,16-18H2,1H3,(H,31,35)/t25-,27-/m0/s1. The molecule has 192 valence electrons. The van der Waals surface area contributed by atoms with Gasteiger partial charge in [-0.05, 0) is 35.7 Å². The van der Waals surface area contributed by atoms with Crippen LogP contribution in [-0.4, -0.2) is 54.0 Å². The van der Waals surface area contributed by atoms with Crippen LogP contribution in [0.5, 0.6) is 0 Å². The molecule has 3 aromatic carbocycles. The largest absolute Gasteiger partial charge is 0.385 e. The number of aromatic nitrogens is 1. The van der Waals surface area contributed by atoms with E-state index in [1.54, 1.807) is 36.3 Å². The van der Waals surface area contributed by atoms with Gasteiger partial charge in [-0.15, -0.1) is 0 Å². The van der Waals surface area contributed by atoms with E-state index in [1.165, 1.54) is 4.90 Å². The number of hydrogen-bond donors (Lipinski definition) is 2. The first-order chi connectivity index (χ1) is 18.6. The van der Waals surface area contributed by atoms with Gasteiger partial charge in [-0.25, -0.2) is 9.69 Å². The van der Waals surface area contributed by atoms with Crippen molar-refractivity contribution in [2.45, 2.75) is 24.9 Å². The summed E-state index contributed by atoms with van der Waals surface area (Å²) in [5.74, 6) is -0.663. The Bertz CT molecular complexity index is 1530. The summed E-state index contributed by atoms with van der Waals surface area (Å²) < 4.78 is 5.05. The second kappa shape index (κ2) is 9.79. The van der Waals surface area contributed by atoms with Gasteiger partial charge in [-0.1, -0.05) is 60.7 Å². The minimum Gasteiger partial charge on any atom is -0.385 e. The zero-order chi connectivity index (χ0) is 26.2. The molecular weight excluding hydrogens is 480 g/mol. The number of carbonyl (C=O) groups is 3. The lowest BCUT2D eigenvalue weighted by Crippen LogP contribution is -2.44. The first-order valence-corrected chi connectivity index (χ1v) is 12.8. The van der Waals surface area contributed by atoms with Crippen LogP contribution >= 0.6 is 0 Å². The molecule has 4 aromatic rings. The Morgan fingerprint density at radius 2 is 1.74 bits per heavy atom. The minimum atomic E-state index is -0.683. The van der Waals surface area contributed by atoms with Crippen molar-refractivity contribution in [3.63, 3.8) is 0 Å². The molecule has 0 unspecified atom stereocenters. The second-order valence-electron chi connectivity index (χ2n) is 9.58. The number of imide groups is 1. The van der Waals surface area contributed by atoms with Crippen molar-refractivity contribution < 1.29 is 19.1 Å². The number of hydrogen-bond acceptors (Lipinski definition) is 4. The number of ether oxygens (including phenoxy) is 1. The zero-order valence-electron chi connectivity index (χ0n) is 21.0. The van der Waals surface area contributed by atoms with Gasteiger partial charge in [0.2, 0.25) is 0 Å². The van der Waals surface area contributed by atoms with Gasteiger partial charge in [-0.3, -0.25) is 14.5 Å². The molecule has 6 rings (SSSR count). The van der Waals surface area contributed by atoms with Crippen molar-refractivity contribution in [3.05, 3.63) is 101 Å². The molecule has 0 aliphatic carbocycles. The van der Waals surface area contributed by atoms with Crippen LogP contribution in [0, 0.1) is 0 Å². The Kier molecular flexibility index (Phi) is 6.17. The molecule has 1 aromatic heterocycles. The van der Waals surface area contributed by atoms with Crippen LogP contribution < -0.4 is 10.2 Å². The van der Waals surface area contributed by atoms with E-state index in [9.17, 15) is 14.4 Å². The lowest BCUT2D eigenvalue weighted by atomic mass is 9.89. The van der Waals surface area contributed by atoms with E-state index in [0.717, 1.165) is 27.7 Å². The summed E-state index contributed by atoms with van der Waals surface area (Å²) in [5, 5.41) is 3.92. The predicted molar refractivity (Wildman–Crippen MR) is 144 cm³/mol. The minimum absolute atomic E-state index is 0.284. The van der Waals surface area contributed by atoms with Gasteiger partial charge >= 0.3 is 6.03 Å². The summed E-state index contributed by atoms with van der Waals surface area (Å²) in [5.41, 5.74) is 4.43. The van der Waals surface area contributed by atoms with Crippen molar-refractivity contribution in [3.8, 4) is 0 Å². The lowest BCUT2D eigenvalue weighted by Gasteiger charge is -2.36. The second-order valence-corrected chi connectivity index (χ2v) is 9.58. The molecule has 2 atom stereocenters. The summed E-state index contributed by atoms with van der Waals surface area (Å²) in [6.45, 7) is 0.951. The summed E-state index contributed by atoms with van der Waals surface area (Å²) in [6, 6.07) is 23.0. The highest BCUT2D eigenvalue weighted by atomic mass is 16.5. The fraction of sp³-hybridized carbons (Fsp3) is 0.233. The topological polar surface area (TPSA) is 94.7 Å². The molecule has 2 aliphatic heterocycles. The first kappa shape index (κ1) is 23.9. The van der Waals surface area contributed by atoms with Crippen LogP contribution in [0.1, 0.15) is 39.6 Å². The van der Waals surface area contributed by atoms with E-state index >= 15 is 0 Å². The molecule has 1 fully saturated rings. The lowest BCUT2D eigenvalue weighted by molar-refractivity contribution is -0.120. The number of nitrogens with zero attached hydrogens (tertiary/aromatic N) is 2. The summed E-state index contributed by atoms with van der Waals surface area (Å²) in [4.78, 5) is 47.5. The van der Waals surface area contributed by atoms with Crippen LogP contribution in [0.2, 0.25) is 0 Å². The molecule has 8 heteroatoms. The first-order valence-electron chi connectivity index (χ1n) is 12.8. The fourth-order valence-electron chi connectivity index (χ4n) is 5.65. The van der Waals surface area contributed by atoms with Gasteiger partial charge < -0.3 is 15.0 Å². The summed E-state index contributed by atoms with van der Waals surface area (Å²) in [6.07, 6.45) is 1.06. The number of nitrogens with one attached hydrogen (secondary N) is 2. The smallest absolute Gasteiger partial charge is 0.332 e. The number of rotatable bonds is 7. The number of carbonyl (C=O) groups excluding carboxylic acids is 3. The maximum absolute atomic E-state index is 14.1. The van der Waals surface area contributed by atoms with E-state index in [4.69, 9.17) is 4.74 Å². The number of urea groups is 1. The highest BCUT2D eigenvalue weighted by molar-refractivity contribution is 6.24. The number of anilines is 1. The Hall–Kier alpha value is -4.43. The molecule has 8 nitrogen and oxygen atoms in total. The Balaban J connectivity index is 1.41.